The summed E-state index contributed by atoms with van der Waals surface area (Å²) in [6, 6.07) is 5.07. The lowest BCUT2D eigenvalue weighted by atomic mass is 9.76. The van der Waals surface area contributed by atoms with Gasteiger partial charge in [-0.1, -0.05) is 6.07 Å². The van der Waals surface area contributed by atoms with Gasteiger partial charge >= 0.3 is 5.69 Å². The van der Waals surface area contributed by atoms with E-state index in [-0.39, 0.29) is 36.9 Å². The van der Waals surface area contributed by atoms with E-state index in [2.05, 4.69) is 10.3 Å². The van der Waals surface area contributed by atoms with E-state index in [0.717, 1.165) is 4.88 Å². The number of nitrogens with one attached hydrogen (secondary N) is 2. The highest BCUT2D eigenvalue weighted by Crippen LogP contribution is 2.39. The van der Waals surface area contributed by atoms with E-state index in [0.29, 0.717) is 12.8 Å². The van der Waals surface area contributed by atoms with Gasteiger partial charge in [0.15, 0.2) is 0 Å². The zero-order valence-corrected chi connectivity index (χ0v) is 13.8. The number of aryl methyl sites for hydroxylation is 1. The van der Waals surface area contributed by atoms with Gasteiger partial charge in [-0.3, -0.25) is 14.6 Å². The first-order valence-electron chi connectivity index (χ1n) is 7.83. The van der Waals surface area contributed by atoms with Crippen LogP contribution in [-0.2, 0) is 11.3 Å². The number of aromatic nitrogens is 2. The van der Waals surface area contributed by atoms with Crippen molar-refractivity contribution in [1.29, 1.82) is 0 Å². The molecule has 1 saturated carbocycles. The standard InChI is InChI=1S/C16H19N3O4S/c20-11-8-10(9-11)15(12-2-1-7-24-12)17-13(21)3-5-19-6-4-14(22)18-16(19)23/h1-2,4,6-7,10-11,15,20H,3,5,8-9H2,(H,17,21)(H,18,22,23). The molecule has 2 aromatic heterocycles. The summed E-state index contributed by atoms with van der Waals surface area (Å²) in [4.78, 5) is 38.1. The van der Waals surface area contributed by atoms with E-state index >= 15 is 0 Å². The number of aliphatic hydroxyl groups excluding tert-OH is 1. The molecular weight excluding hydrogens is 330 g/mol. The minimum absolute atomic E-state index is 0.104. The lowest BCUT2D eigenvalue weighted by Gasteiger charge is -2.37. The number of aliphatic hydroxyl groups is 1. The lowest BCUT2D eigenvalue weighted by molar-refractivity contribution is -0.123. The summed E-state index contributed by atoms with van der Waals surface area (Å²) in [5, 5.41) is 14.5. The van der Waals surface area contributed by atoms with Crippen molar-refractivity contribution in [1.82, 2.24) is 14.9 Å². The van der Waals surface area contributed by atoms with Crippen LogP contribution in [0, 0.1) is 5.92 Å². The van der Waals surface area contributed by atoms with E-state index in [9.17, 15) is 19.5 Å². The van der Waals surface area contributed by atoms with Crippen LogP contribution in [0.4, 0.5) is 0 Å². The highest BCUT2D eigenvalue weighted by Gasteiger charge is 2.36. The maximum Gasteiger partial charge on any atom is 0.328 e. The molecule has 24 heavy (non-hydrogen) atoms. The van der Waals surface area contributed by atoms with Gasteiger partial charge in [-0.2, -0.15) is 0 Å². The van der Waals surface area contributed by atoms with E-state index in [1.807, 2.05) is 17.5 Å². The molecule has 0 bridgehead atoms. The predicted molar refractivity (Wildman–Crippen MR) is 89.9 cm³/mol. The maximum atomic E-state index is 12.3. The van der Waals surface area contributed by atoms with Crippen LogP contribution in [0.2, 0.25) is 0 Å². The molecule has 1 unspecified atom stereocenters. The van der Waals surface area contributed by atoms with Crippen LogP contribution in [0.5, 0.6) is 0 Å². The highest BCUT2D eigenvalue weighted by molar-refractivity contribution is 7.10. The van der Waals surface area contributed by atoms with Crippen LogP contribution < -0.4 is 16.6 Å². The second-order valence-corrected chi connectivity index (χ2v) is 6.98. The quantitative estimate of drug-likeness (QED) is 0.711. The molecule has 0 radical (unpaired) electrons. The zero-order chi connectivity index (χ0) is 17.1. The Kier molecular flexibility index (Phi) is 4.96. The van der Waals surface area contributed by atoms with Crippen LogP contribution in [0.1, 0.15) is 30.2 Å². The summed E-state index contributed by atoms with van der Waals surface area (Å²) in [6.45, 7) is 0.200. The first-order chi connectivity index (χ1) is 11.5. The molecule has 128 valence electrons. The van der Waals surface area contributed by atoms with Crippen LogP contribution >= 0.6 is 11.3 Å². The van der Waals surface area contributed by atoms with Crippen molar-refractivity contribution < 1.29 is 9.90 Å². The monoisotopic (exact) mass is 349 g/mol. The van der Waals surface area contributed by atoms with E-state index in [4.69, 9.17) is 0 Å². The van der Waals surface area contributed by atoms with Crippen LogP contribution in [0.15, 0.2) is 39.4 Å². The van der Waals surface area contributed by atoms with Crippen molar-refractivity contribution >= 4 is 17.2 Å². The van der Waals surface area contributed by atoms with Crippen LogP contribution in [0.25, 0.3) is 0 Å². The molecule has 0 saturated heterocycles. The third-order valence-corrected chi connectivity index (χ3v) is 5.22. The molecule has 1 fully saturated rings. The zero-order valence-electron chi connectivity index (χ0n) is 13.0. The number of H-pyrrole nitrogens is 1. The van der Waals surface area contributed by atoms with Crippen molar-refractivity contribution in [3.8, 4) is 0 Å². The predicted octanol–water partition coefficient (Wildman–Crippen LogP) is 0.617. The molecule has 1 aliphatic rings. The fraction of sp³-hybridized carbons (Fsp3) is 0.438. The minimum atomic E-state index is -0.521. The fourth-order valence-corrected chi connectivity index (χ4v) is 3.75. The SMILES string of the molecule is O=C(CCn1ccc(=O)[nH]c1=O)NC(c1cccs1)C1CC(O)C1. The Morgan fingerprint density at radius 3 is 2.83 bits per heavy atom. The van der Waals surface area contributed by atoms with Gasteiger partial charge < -0.3 is 15.0 Å². The Labute approximate surface area is 142 Å². The fourth-order valence-electron chi connectivity index (χ4n) is 2.88. The van der Waals surface area contributed by atoms with Crippen LogP contribution in [0.3, 0.4) is 0 Å². The van der Waals surface area contributed by atoms with Gasteiger partial charge in [0.25, 0.3) is 5.56 Å². The summed E-state index contributed by atoms with van der Waals surface area (Å²) < 4.78 is 1.30. The summed E-state index contributed by atoms with van der Waals surface area (Å²) in [5.74, 6) is 0.0753. The number of carbonyl (C=O) groups is 1. The molecule has 7 nitrogen and oxygen atoms in total. The number of nitrogens with zero attached hydrogens (tertiary/aromatic N) is 1. The molecule has 3 rings (SSSR count). The van der Waals surface area contributed by atoms with Gasteiger partial charge in [-0.25, -0.2) is 4.79 Å². The van der Waals surface area contributed by atoms with E-state index in [1.54, 1.807) is 11.3 Å². The molecule has 8 heteroatoms. The maximum absolute atomic E-state index is 12.3. The second-order valence-electron chi connectivity index (χ2n) is 6.00. The first-order valence-corrected chi connectivity index (χ1v) is 8.71. The molecular formula is C16H19N3O4S. The number of hydrogen-bond acceptors (Lipinski definition) is 5. The average molecular weight is 349 g/mol. The van der Waals surface area contributed by atoms with Gasteiger partial charge in [0, 0.05) is 30.1 Å². The molecule has 0 aromatic carbocycles. The molecule has 1 atom stereocenters. The topological polar surface area (TPSA) is 104 Å². The lowest BCUT2D eigenvalue weighted by Crippen LogP contribution is -2.41. The van der Waals surface area contributed by atoms with Crippen molar-refractivity contribution in [2.75, 3.05) is 0 Å². The molecule has 1 amide bonds. The van der Waals surface area contributed by atoms with Gasteiger partial charge in [-0.05, 0) is 30.2 Å². The first kappa shape index (κ1) is 16.7. The molecule has 2 heterocycles. The van der Waals surface area contributed by atoms with Crippen molar-refractivity contribution in [3.05, 3.63) is 55.5 Å². The highest BCUT2D eigenvalue weighted by atomic mass is 32.1. The van der Waals surface area contributed by atoms with Gasteiger partial charge in [0.1, 0.15) is 0 Å². The number of thiophene rings is 1. The van der Waals surface area contributed by atoms with E-state index < -0.39 is 11.2 Å². The summed E-state index contributed by atoms with van der Waals surface area (Å²) in [7, 11) is 0. The summed E-state index contributed by atoms with van der Waals surface area (Å²) in [6.07, 6.45) is 2.61. The van der Waals surface area contributed by atoms with Gasteiger partial charge in [0.05, 0.1) is 12.1 Å². The van der Waals surface area contributed by atoms with Gasteiger partial charge in [-0.15, -0.1) is 11.3 Å². The smallest absolute Gasteiger partial charge is 0.328 e. The molecule has 3 N–H and O–H groups in total. The van der Waals surface area contributed by atoms with Crippen molar-refractivity contribution in [2.45, 2.75) is 38.0 Å². The Morgan fingerprint density at radius 2 is 2.21 bits per heavy atom. The number of aromatic amines is 1. The van der Waals surface area contributed by atoms with Crippen molar-refractivity contribution in [3.63, 3.8) is 0 Å². The Balaban J connectivity index is 1.61. The molecule has 1 aliphatic carbocycles. The normalized spacial score (nSPS) is 21.0. The number of hydrogen-bond donors (Lipinski definition) is 3. The van der Waals surface area contributed by atoms with Crippen LogP contribution in [-0.4, -0.2) is 26.7 Å². The third-order valence-electron chi connectivity index (χ3n) is 4.26. The number of amides is 1. The van der Waals surface area contributed by atoms with Crippen molar-refractivity contribution in [2.24, 2.45) is 5.92 Å². The Morgan fingerprint density at radius 1 is 1.42 bits per heavy atom. The largest absolute Gasteiger partial charge is 0.393 e. The average Bonchev–Trinajstić information content (AvgIpc) is 3.03. The second kappa shape index (κ2) is 7.14. The summed E-state index contributed by atoms with van der Waals surface area (Å²) >= 11 is 1.58. The number of rotatable bonds is 6. The number of carbonyl (C=O) groups excluding carboxylic acids is 1. The molecule has 2 aromatic rings. The Bertz CT molecular complexity index is 805. The molecule has 0 spiro atoms. The third kappa shape index (κ3) is 3.82. The Hall–Kier alpha value is -2.19. The minimum Gasteiger partial charge on any atom is -0.393 e. The van der Waals surface area contributed by atoms with Gasteiger partial charge in [0.2, 0.25) is 5.91 Å². The van der Waals surface area contributed by atoms with E-state index in [1.165, 1.54) is 16.8 Å². The molecule has 0 aliphatic heterocycles. The summed E-state index contributed by atoms with van der Waals surface area (Å²) in [5.41, 5.74) is -0.978.